The molecule has 1 rings (SSSR count). The van der Waals surface area contributed by atoms with Crippen molar-refractivity contribution < 1.29 is 8.78 Å². The Bertz CT molecular complexity index is 121. The van der Waals surface area contributed by atoms with Crippen LogP contribution in [0.2, 0.25) is 0 Å². The van der Waals surface area contributed by atoms with Crippen molar-refractivity contribution in [1.29, 1.82) is 0 Å². The standard InChI is InChI=1S/C9H16F2/c1-2-8-5-3-4-6-9(10,11)7-8/h8H,2-7H2,1H3/t8-/m0/s1. The maximum atomic E-state index is 12.9. The number of rotatable bonds is 1. The molecule has 1 aliphatic carbocycles. The maximum absolute atomic E-state index is 12.9. The van der Waals surface area contributed by atoms with Crippen LogP contribution in [0.25, 0.3) is 0 Å². The van der Waals surface area contributed by atoms with E-state index in [-0.39, 0.29) is 18.8 Å². The molecule has 1 aliphatic rings. The van der Waals surface area contributed by atoms with Crippen LogP contribution in [0.3, 0.4) is 0 Å². The van der Waals surface area contributed by atoms with E-state index in [1.54, 1.807) is 0 Å². The lowest BCUT2D eigenvalue weighted by atomic mass is 9.96. The molecular weight excluding hydrogens is 146 g/mol. The SMILES string of the molecule is CC[C@H]1CCCCC(F)(F)C1. The molecule has 2 heteroatoms. The van der Waals surface area contributed by atoms with Crippen LogP contribution in [0.15, 0.2) is 0 Å². The molecule has 0 unspecified atom stereocenters. The first-order chi connectivity index (χ1) is 5.14. The Hall–Kier alpha value is -0.140. The van der Waals surface area contributed by atoms with Crippen LogP contribution in [0.5, 0.6) is 0 Å². The van der Waals surface area contributed by atoms with Crippen LogP contribution >= 0.6 is 0 Å². The summed E-state index contributed by atoms with van der Waals surface area (Å²) in [5, 5.41) is 0. The lowest BCUT2D eigenvalue weighted by Crippen LogP contribution is -2.17. The maximum Gasteiger partial charge on any atom is 0.248 e. The van der Waals surface area contributed by atoms with Gasteiger partial charge in [-0.2, -0.15) is 0 Å². The third-order valence-electron chi connectivity index (χ3n) is 2.57. The van der Waals surface area contributed by atoms with Gasteiger partial charge in [-0.25, -0.2) is 8.78 Å². The molecular formula is C9H16F2. The fourth-order valence-electron chi connectivity index (χ4n) is 1.79. The van der Waals surface area contributed by atoms with E-state index < -0.39 is 5.92 Å². The Kier molecular flexibility index (Phi) is 2.85. The number of halogens is 2. The molecule has 0 saturated heterocycles. The smallest absolute Gasteiger partial charge is 0.207 e. The van der Waals surface area contributed by atoms with Crippen molar-refractivity contribution in [2.75, 3.05) is 0 Å². The highest BCUT2D eigenvalue weighted by Crippen LogP contribution is 2.36. The van der Waals surface area contributed by atoms with Crippen molar-refractivity contribution in [3.63, 3.8) is 0 Å². The summed E-state index contributed by atoms with van der Waals surface area (Å²) in [5.74, 6) is -2.09. The quantitative estimate of drug-likeness (QED) is 0.517. The molecule has 0 aliphatic heterocycles. The highest BCUT2D eigenvalue weighted by molar-refractivity contribution is 4.75. The van der Waals surface area contributed by atoms with Gasteiger partial charge < -0.3 is 0 Å². The topological polar surface area (TPSA) is 0 Å². The van der Waals surface area contributed by atoms with E-state index in [9.17, 15) is 8.78 Å². The zero-order chi connectivity index (χ0) is 8.32. The molecule has 0 aromatic carbocycles. The molecule has 0 nitrogen and oxygen atoms in total. The van der Waals surface area contributed by atoms with Crippen molar-refractivity contribution in [2.24, 2.45) is 5.92 Å². The lowest BCUT2D eigenvalue weighted by molar-refractivity contribution is -0.0254. The van der Waals surface area contributed by atoms with Crippen LogP contribution in [0, 0.1) is 5.92 Å². The summed E-state index contributed by atoms with van der Waals surface area (Å²) in [7, 11) is 0. The summed E-state index contributed by atoms with van der Waals surface area (Å²) >= 11 is 0. The summed E-state index contributed by atoms with van der Waals surface area (Å²) in [6, 6.07) is 0. The minimum Gasteiger partial charge on any atom is -0.207 e. The van der Waals surface area contributed by atoms with E-state index in [1.807, 2.05) is 6.92 Å². The molecule has 66 valence electrons. The second-order valence-corrected chi connectivity index (χ2v) is 3.58. The van der Waals surface area contributed by atoms with Crippen LogP contribution in [-0.4, -0.2) is 5.92 Å². The molecule has 0 bridgehead atoms. The first kappa shape index (κ1) is 8.95. The number of alkyl halides is 2. The van der Waals surface area contributed by atoms with Gasteiger partial charge in [0.25, 0.3) is 0 Å². The van der Waals surface area contributed by atoms with Gasteiger partial charge in [0.15, 0.2) is 0 Å². The lowest BCUT2D eigenvalue weighted by Gasteiger charge is -2.17. The minimum atomic E-state index is -2.36. The van der Waals surface area contributed by atoms with Crippen molar-refractivity contribution >= 4 is 0 Å². The van der Waals surface area contributed by atoms with Crippen LogP contribution in [0.1, 0.15) is 45.4 Å². The molecule has 1 saturated carbocycles. The third-order valence-corrected chi connectivity index (χ3v) is 2.57. The van der Waals surface area contributed by atoms with E-state index >= 15 is 0 Å². The minimum absolute atomic E-state index is 0.115. The van der Waals surface area contributed by atoms with Crippen molar-refractivity contribution in [3.8, 4) is 0 Å². The van der Waals surface area contributed by atoms with Gasteiger partial charge in [0.2, 0.25) is 5.92 Å². The van der Waals surface area contributed by atoms with Gasteiger partial charge in [0.05, 0.1) is 0 Å². The van der Waals surface area contributed by atoms with E-state index in [0.717, 1.165) is 19.3 Å². The molecule has 11 heavy (non-hydrogen) atoms. The van der Waals surface area contributed by atoms with Crippen LogP contribution in [-0.2, 0) is 0 Å². The second kappa shape index (κ2) is 3.51. The van der Waals surface area contributed by atoms with Gasteiger partial charge in [-0.05, 0) is 12.3 Å². The molecule has 1 fully saturated rings. The molecule has 0 aromatic rings. The molecule has 0 N–H and O–H groups in total. The first-order valence-electron chi connectivity index (χ1n) is 4.52. The van der Waals surface area contributed by atoms with E-state index in [0.29, 0.717) is 6.42 Å². The largest absolute Gasteiger partial charge is 0.248 e. The Morgan fingerprint density at radius 2 is 2.09 bits per heavy atom. The van der Waals surface area contributed by atoms with Crippen molar-refractivity contribution in [2.45, 2.75) is 51.4 Å². The zero-order valence-electron chi connectivity index (χ0n) is 7.08. The number of hydrogen-bond acceptors (Lipinski definition) is 0. The molecule has 0 amide bonds. The third kappa shape index (κ3) is 2.76. The van der Waals surface area contributed by atoms with Crippen molar-refractivity contribution in [1.82, 2.24) is 0 Å². The Morgan fingerprint density at radius 1 is 1.36 bits per heavy atom. The summed E-state index contributed by atoms with van der Waals surface area (Å²) in [6.45, 7) is 2.01. The normalized spacial score (nSPS) is 31.4. The fraction of sp³-hybridized carbons (Fsp3) is 1.00. The predicted octanol–water partition coefficient (Wildman–Crippen LogP) is 3.61. The Balaban J connectivity index is 2.47. The monoisotopic (exact) mass is 162 g/mol. The summed E-state index contributed by atoms with van der Waals surface area (Å²) < 4.78 is 25.8. The van der Waals surface area contributed by atoms with Gasteiger partial charge in [-0.1, -0.05) is 26.2 Å². The molecule has 0 radical (unpaired) electrons. The fourth-order valence-corrected chi connectivity index (χ4v) is 1.79. The van der Waals surface area contributed by atoms with Crippen molar-refractivity contribution in [3.05, 3.63) is 0 Å². The van der Waals surface area contributed by atoms with Gasteiger partial charge >= 0.3 is 0 Å². The Morgan fingerprint density at radius 3 is 2.73 bits per heavy atom. The summed E-state index contributed by atoms with van der Waals surface area (Å²) in [5.41, 5.74) is 0. The summed E-state index contributed by atoms with van der Waals surface area (Å²) in [6.07, 6.45) is 3.87. The van der Waals surface area contributed by atoms with Gasteiger partial charge in [-0.15, -0.1) is 0 Å². The van der Waals surface area contributed by atoms with E-state index in [1.165, 1.54) is 0 Å². The average molecular weight is 162 g/mol. The zero-order valence-corrected chi connectivity index (χ0v) is 7.08. The van der Waals surface area contributed by atoms with Gasteiger partial charge in [0, 0.05) is 12.8 Å². The molecule has 1 atom stereocenters. The highest BCUT2D eigenvalue weighted by Gasteiger charge is 2.33. The molecule has 0 aromatic heterocycles. The van der Waals surface area contributed by atoms with E-state index in [4.69, 9.17) is 0 Å². The van der Waals surface area contributed by atoms with Gasteiger partial charge in [-0.3, -0.25) is 0 Å². The molecule has 0 spiro atoms. The van der Waals surface area contributed by atoms with Gasteiger partial charge in [0.1, 0.15) is 0 Å². The summed E-state index contributed by atoms with van der Waals surface area (Å²) in [4.78, 5) is 0. The predicted molar refractivity (Wildman–Crippen MR) is 41.8 cm³/mol. The second-order valence-electron chi connectivity index (χ2n) is 3.58. The molecule has 0 heterocycles. The number of hydrogen-bond donors (Lipinski definition) is 0. The average Bonchev–Trinajstić information content (AvgIpc) is 2.10. The Labute approximate surface area is 67.0 Å². The highest BCUT2D eigenvalue weighted by atomic mass is 19.3. The first-order valence-corrected chi connectivity index (χ1v) is 4.52. The van der Waals surface area contributed by atoms with Crippen LogP contribution < -0.4 is 0 Å². The van der Waals surface area contributed by atoms with E-state index in [2.05, 4.69) is 0 Å². The van der Waals surface area contributed by atoms with Crippen LogP contribution in [0.4, 0.5) is 8.78 Å².